The minimum absolute atomic E-state index is 0.0684. The lowest BCUT2D eigenvalue weighted by molar-refractivity contribution is -0.126. The smallest absolute Gasteiger partial charge is 0.252 e. The van der Waals surface area contributed by atoms with Crippen LogP contribution in [0, 0.1) is 0 Å². The number of hydrogen-bond acceptors (Lipinski definition) is 6. The third-order valence-electron chi connectivity index (χ3n) is 4.23. The molecule has 0 saturated carbocycles. The molecule has 0 radical (unpaired) electrons. The highest BCUT2D eigenvalue weighted by atomic mass is 16.2. The molecule has 2 aromatic heterocycles. The number of rotatable bonds is 6. The number of nitrogens with zero attached hydrogens (tertiary/aromatic N) is 3. The molecular weight excluding hydrogens is 320 g/mol. The fraction of sp³-hybridized carbons (Fsp3) is 0.412. The third kappa shape index (κ3) is 4.42. The van der Waals surface area contributed by atoms with Crippen LogP contribution in [-0.4, -0.2) is 45.4 Å². The molecule has 1 fully saturated rings. The van der Waals surface area contributed by atoms with Crippen molar-refractivity contribution in [3.63, 3.8) is 0 Å². The van der Waals surface area contributed by atoms with Crippen LogP contribution in [0.3, 0.4) is 0 Å². The van der Waals surface area contributed by atoms with Crippen molar-refractivity contribution < 1.29 is 4.79 Å². The number of anilines is 1. The average molecular weight is 342 g/mol. The Balaban J connectivity index is 1.65. The van der Waals surface area contributed by atoms with Gasteiger partial charge >= 0.3 is 0 Å². The highest BCUT2D eigenvalue weighted by molar-refractivity contribution is 5.83. The molecule has 1 saturated heterocycles. The number of likely N-dealkylation sites (tertiary alicyclic amines) is 1. The van der Waals surface area contributed by atoms with Gasteiger partial charge in [0.2, 0.25) is 5.91 Å². The molecule has 3 rings (SSSR count). The molecule has 1 aliphatic rings. The van der Waals surface area contributed by atoms with E-state index in [-0.39, 0.29) is 23.3 Å². The lowest BCUT2D eigenvalue weighted by Gasteiger charge is -2.26. The summed E-state index contributed by atoms with van der Waals surface area (Å²) in [4.78, 5) is 37.1. The van der Waals surface area contributed by atoms with Crippen LogP contribution in [0.2, 0.25) is 0 Å². The van der Waals surface area contributed by atoms with Crippen LogP contribution < -0.4 is 16.6 Å². The van der Waals surface area contributed by atoms with Crippen molar-refractivity contribution in [1.82, 2.24) is 25.2 Å². The van der Waals surface area contributed by atoms with Gasteiger partial charge in [0, 0.05) is 31.4 Å². The standard InChI is InChI=1S/C17H22N6O2/c18-13-10-15(24)22-14(21-13)5-7-20-17(25)16(23-8-1-2-9-23)12-4-3-6-19-11-12/h3-4,6,10-11,16H,1-2,5,7-9H2,(H,20,25)(H3,18,21,22,24)/t16-/m0/s1. The number of nitrogen functional groups attached to an aromatic ring is 1. The molecule has 0 spiro atoms. The number of hydrogen-bond donors (Lipinski definition) is 3. The molecule has 1 atom stereocenters. The number of aromatic amines is 1. The second kappa shape index (κ2) is 7.89. The van der Waals surface area contributed by atoms with Gasteiger partial charge in [-0.25, -0.2) is 4.98 Å². The van der Waals surface area contributed by atoms with E-state index in [9.17, 15) is 9.59 Å². The van der Waals surface area contributed by atoms with Crippen molar-refractivity contribution in [2.45, 2.75) is 25.3 Å². The molecule has 0 aliphatic carbocycles. The van der Waals surface area contributed by atoms with Crippen LogP contribution in [0.25, 0.3) is 0 Å². The number of carbonyl (C=O) groups excluding carboxylic acids is 1. The zero-order valence-corrected chi connectivity index (χ0v) is 13.9. The van der Waals surface area contributed by atoms with Crippen molar-refractivity contribution in [3.8, 4) is 0 Å². The fourth-order valence-corrected chi connectivity index (χ4v) is 3.11. The molecule has 8 nitrogen and oxygen atoms in total. The lowest BCUT2D eigenvalue weighted by Crippen LogP contribution is -2.40. The van der Waals surface area contributed by atoms with Crippen LogP contribution in [0.15, 0.2) is 35.4 Å². The van der Waals surface area contributed by atoms with Gasteiger partial charge in [-0.1, -0.05) is 6.07 Å². The highest BCUT2D eigenvalue weighted by Gasteiger charge is 2.29. The molecule has 0 unspecified atom stereocenters. The summed E-state index contributed by atoms with van der Waals surface area (Å²) < 4.78 is 0. The van der Waals surface area contributed by atoms with Crippen LogP contribution in [0.5, 0.6) is 0 Å². The minimum atomic E-state index is -0.343. The van der Waals surface area contributed by atoms with Crippen molar-refractivity contribution in [2.24, 2.45) is 0 Å². The zero-order chi connectivity index (χ0) is 17.6. The van der Waals surface area contributed by atoms with Gasteiger partial charge in [-0.05, 0) is 37.6 Å². The van der Waals surface area contributed by atoms with Gasteiger partial charge in [-0.2, -0.15) is 0 Å². The second-order valence-electron chi connectivity index (χ2n) is 6.09. The molecule has 4 N–H and O–H groups in total. The van der Waals surface area contributed by atoms with Gasteiger partial charge in [-0.3, -0.25) is 19.5 Å². The number of carbonyl (C=O) groups is 1. The van der Waals surface area contributed by atoms with Gasteiger partial charge in [0.05, 0.1) is 0 Å². The zero-order valence-electron chi connectivity index (χ0n) is 13.9. The largest absolute Gasteiger partial charge is 0.383 e. The summed E-state index contributed by atoms with van der Waals surface area (Å²) in [5.41, 5.74) is 6.16. The van der Waals surface area contributed by atoms with Crippen LogP contribution in [-0.2, 0) is 11.2 Å². The van der Waals surface area contributed by atoms with E-state index in [0.717, 1.165) is 31.5 Å². The van der Waals surface area contributed by atoms with Crippen LogP contribution in [0.4, 0.5) is 5.82 Å². The number of aromatic nitrogens is 3. The maximum absolute atomic E-state index is 12.8. The van der Waals surface area contributed by atoms with Crippen LogP contribution >= 0.6 is 0 Å². The van der Waals surface area contributed by atoms with Crippen molar-refractivity contribution in [1.29, 1.82) is 0 Å². The maximum Gasteiger partial charge on any atom is 0.252 e. The first-order valence-corrected chi connectivity index (χ1v) is 8.41. The number of amides is 1. The molecule has 0 aromatic carbocycles. The predicted molar refractivity (Wildman–Crippen MR) is 93.8 cm³/mol. The van der Waals surface area contributed by atoms with E-state index in [1.54, 1.807) is 12.4 Å². The molecule has 1 amide bonds. The topological polar surface area (TPSA) is 117 Å². The number of nitrogens with one attached hydrogen (secondary N) is 2. The number of pyridine rings is 1. The monoisotopic (exact) mass is 342 g/mol. The van der Waals surface area contributed by atoms with E-state index < -0.39 is 0 Å². The number of nitrogens with two attached hydrogens (primary N) is 1. The molecule has 8 heteroatoms. The Morgan fingerprint density at radius 2 is 2.20 bits per heavy atom. The Morgan fingerprint density at radius 1 is 1.40 bits per heavy atom. The van der Waals surface area contributed by atoms with E-state index >= 15 is 0 Å². The van der Waals surface area contributed by atoms with Crippen molar-refractivity contribution in [3.05, 3.63) is 52.3 Å². The molecule has 2 aromatic rings. The fourth-order valence-electron chi connectivity index (χ4n) is 3.11. The van der Waals surface area contributed by atoms with E-state index in [4.69, 9.17) is 5.73 Å². The minimum Gasteiger partial charge on any atom is -0.383 e. The normalized spacial score (nSPS) is 15.8. The molecule has 0 bridgehead atoms. The first kappa shape index (κ1) is 17.1. The summed E-state index contributed by atoms with van der Waals surface area (Å²) in [7, 11) is 0. The van der Waals surface area contributed by atoms with Gasteiger partial charge in [0.15, 0.2) is 0 Å². The first-order valence-electron chi connectivity index (χ1n) is 8.41. The summed E-state index contributed by atoms with van der Waals surface area (Å²) in [6, 6.07) is 4.65. The van der Waals surface area contributed by atoms with E-state index in [0.29, 0.717) is 18.8 Å². The van der Waals surface area contributed by atoms with Crippen molar-refractivity contribution >= 4 is 11.7 Å². The summed E-state index contributed by atoms with van der Waals surface area (Å²) in [6.07, 6.45) is 6.03. The van der Waals surface area contributed by atoms with Gasteiger partial charge < -0.3 is 16.0 Å². The molecule has 132 valence electrons. The summed E-state index contributed by atoms with van der Waals surface area (Å²) in [5.74, 6) is 0.570. The third-order valence-corrected chi connectivity index (χ3v) is 4.23. The summed E-state index contributed by atoms with van der Waals surface area (Å²) in [6.45, 7) is 2.17. The Kier molecular flexibility index (Phi) is 5.39. The quantitative estimate of drug-likeness (QED) is 0.692. The highest BCUT2D eigenvalue weighted by Crippen LogP contribution is 2.24. The Morgan fingerprint density at radius 3 is 2.88 bits per heavy atom. The molecular formula is C17H22N6O2. The SMILES string of the molecule is Nc1cc(=O)[nH]c(CCNC(=O)[C@H](c2cccnc2)N2CCCC2)n1. The van der Waals surface area contributed by atoms with Gasteiger partial charge in [0.1, 0.15) is 17.7 Å². The van der Waals surface area contributed by atoms with Gasteiger partial charge in [0.25, 0.3) is 5.56 Å². The second-order valence-corrected chi connectivity index (χ2v) is 6.09. The molecule has 25 heavy (non-hydrogen) atoms. The Hall–Kier alpha value is -2.74. The first-order chi connectivity index (χ1) is 12.1. The summed E-state index contributed by atoms with van der Waals surface area (Å²) in [5, 5.41) is 2.93. The van der Waals surface area contributed by atoms with Gasteiger partial charge in [-0.15, -0.1) is 0 Å². The van der Waals surface area contributed by atoms with E-state index in [2.05, 4.69) is 25.2 Å². The van der Waals surface area contributed by atoms with E-state index in [1.807, 2.05) is 12.1 Å². The molecule has 1 aliphatic heterocycles. The Labute approximate surface area is 145 Å². The predicted octanol–water partition coefficient (Wildman–Crippen LogP) is 0.243. The molecule has 3 heterocycles. The lowest BCUT2D eigenvalue weighted by atomic mass is 10.1. The summed E-state index contributed by atoms with van der Waals surface area (Å²) >= 11 is 0. The Bertz CT molecular complexity index is 770. The van der Waals surface area contributed by atoms with Crippen molar-refractivity contribution in [2.75, 3.05) is 25.4 Å². The van der Waals surface area contributed by atoms with E-state index in [1.165, 1.54) is 6.07 Å². The maximum atomic E-state index is 12.8. The van der Waals surface area contributed by atoms with Crippen LogP contribution in [0.1, 0.15) is 30.3 Å². The number of H-pyrrole nitrogens is 1. The average Bonchev–Trinajstić information content (AvgIpc) is 3.09.